The maximum absolute atomic E-state index is 12.9. The number of carbonyl (C=O) groups is 3. The third-order valence-corrected chi connectivity index (χ3v) is 7.76. The highest BCUT2D eigenvalue weighted by Crippen LogP contribution is 2.16. The molecule has 38 heavy (non-hydrogen) atoms. The molecular formula is C24H22N4O8S2. The van der Waals surface area contributed by atoms with E-state index in [1.807, 2.05) is 0 Å². The Labute approximate surface area is 218 Å². The van der Waals surface area contributed by atoms with Crippen molar-refractivity contribution in [2.45, 2.75) is 29.7 Å². The van der Waals surface area contributed by atoms with E-state index >= 15 is 0 Å². The van der Waals surface area contributed by atoms with Crippen molar-refractivity contribution in [2.24, 2.45) is 10.2 Å². The van der Waals surface area contributed by atoms with Crippen LogP contribution in [0.15, 0.2) is 92.8 Å². The fourth-order valence-electron chi connectivity index (χ4n) is 2.95. The molecule has 0 fully saturated rings. The molecule has 0 saturated carbocycles. The van der Waals surface area contributed by atoms with Gasteiger partial charge in [-0.3, -0.25) is 9.59 Å². The third-order valence-electron chi connectivity index (χ3n) is 5.03. The molecule has 0 aliphatic heterocycles. The summed E-state index contributed by atoms with van der Waals surface area (Å²) in [5.41, 5.74) is 1.47. The second-order valence-electron chi connectivity index (χ2n) is 8.04. The van der Waals surface area contributed by atoms with Crippen molar-refractivity contribution in [1.29, 1.82) is 0 Å². The van der Waals surface area contributed by atoms with Crippen LogP contribution >= 0.6 is 0 Å². The minimum atomic E-state index is -4.45. The van der Waals surface area contributed by atoms with Crippen LogP contribution in [0.3, 0.4) is 0 Å². The second kappa shape index (κ2) is 11.3. The van der Waals surface area contributed by atoms with Crippen LogP contribution in [0.1, 0.15) is 21.5 Å². The van der Waals surface area contributed by atoms with Crippen LogP contribution < -0.4 is 9.44 Å². The Morgan fingerprint density at radius 1 is 0.684 bits per heavy atom. The van der Waals surface area contributed by atoms with Crippen LogP contribution in [0.4, 0.5) is 5.69 Å². The minimum Gasteiger partial charge on any atom is -0.478 e. The summed E-state index contributed by atoms with van der Waals surface area (Å²) in [5, 5.41) is 16.3. The quantitative estimate of drug-likeness (QED) is 0.264. The summed E-state index contributed by atoms with van der Waals surface area (Å²) in [6.45, 7) is 3.46. The fourth-order valence-corrected chi connectivity index (χ4v) is 4.93. The molecule has 0 bridgehead atoms. The van der Waals surface area contributed by atoms with E-state index in [4.69, 9.17) is 5.11 Å². The molecule has 3 rings (SSSR count). The molecule has 0 heterocycles. The monoisotopic (exact) mass is 558 g/mol. The van der Waals surface area contributed by atoms with Gasteiger partial charge in [0.15, 0.2) is 0 Å². The molecule has 198 valence electrons. The van der Waals surface area contributed by atoms with Crippen molar-refractivity contribution in [3.8, 4) is 0 Å². The predicted molar refractivity (Wildman–Crippen MR) is 135 cm³/mol. The number of aromatic carboxylic acids is 1. The molecule has 14 heteroatoms. The number of rotatable bonds is 9. The zero-order valence-corrected chi connectivity index (χ0v) is 21.7. The average Bonchev–Trinajstić information content (AvgIpc) is 2.84. The molecule has 2 amide bonds. The van der Waals surface area contributed by atoms with Crippen LogP contribution in [0.2, 0.25) is 0 Å². The number of carboxylic acid groups (broad SMARTS) is 1. The summed E-state index contributed by atoms with van der Waals surface area (Å²) in [4.78, 5) is 36.3. The fraction of sp³-hybridized carbons (Fsp3) is 0.125. The summed E-state index contributed by atoms with van der Waals surface area (Å²) in [5.74, 6) is -4.13. The van der Waals surface area contributed by atoms with Crippen molar-refractivity contribution in [2.75, 3.05) is 0 Å². The van der Waals surface area contributed by atoms with Gasteiger partial charge >= 0.3 is 5.97 Å². The first-order valence-corrected chi connectivity index (χ1v) is 13.8. The number of carbonyl (C=O) groups excluding carboxylic acids is 2. The van der Waals surface area contributed by atoms with E-state index in [1.54, 1.807) is 23.3 Å². The van der Waals surface area contributed by atoms with E-state index in [0.29, 0.717) is 0 Å². The first-order chi connectivity index (χ1) is 17.8. The number of carboxylic acids is 1. The number of nitrogens with one attached hydrogen (secondary N) is 2. The Morgan fingerprint density at radius 2 is 1.08 bits per heavy atom. The van der Waals surface area contributed by atoms with Crippen molar-refractivity contribution in [3.05, 3.63) is 89.5 Å². The summed E-state index contributed by atoms with van der Waals surface area (Å²) in [6.07, 6.45) is 0. The van der Waals surface area contributed by atoms with Gasteiger partial charge in [-0.2, -0.15) is 10.2 Å². The van der Waals surface area contributed by atoms with Gasteiger partial charge in [0.1, 0.15) is 0 Å². The number of hydrogen-bond donors (Lipinski definition) is 3. The molecule has 0 aromatic heterocycles. The number of benzene rings is 3. The maximum Gasteiger partial charge on any atom is 0.335 e. The molecule has 0 aliphatic rings. The maximum atomic E-state index is 12.9. The largest absolute Gasteiger partial charge is 0.478 e. The van der Waals surface area contributed by atoms with Crippen LogP contribution in [0, 0.1) is 13.8 Å². The Kier molecular flexibility index (Phi) is 8.38. The second-order valence-corrected chi connectivity index (χ2v) is 11.4. The van der Waals surface area contributed by atoms with E-state index in [0.717, 1.165) is 11.1 Å². The molecule has 0 saturated heterocycles. The van der Waals surface area contributed by atoms with Crippen LogP contribution in [0.5, 0.6) is 0 Å². The van der Waals surface area contributed by atoms with Gasteiger partial charge < -0.3 is 5.11 Å². The standard InChI is InChI=1S/C24H22N4O8S2/c1-15-3-11-19(12-4-15)37(33,34)27-22(29)21(26-25-18-9-7-17(8-10-18)24(31)32)23(30)28-38(35,36)20-13-5-16(2)6-14-20/h3-14,21H,1-2H3,(H,27,29)(H,28,30)(H,31,32). The number of aryl methyl sites for hydroxylation is 2. The highest BCUT2D eigenvalue weighted by atomic mass is 32.2. The highest BCUT2D eigenvalue weighted by Gasteiger charge is 2.33. The molecule has 3 aromatic carbocycles. The number of nitrogens with zero attached hydrogens (tertiary/aromatic N) is 2. The van der Waals surface area contributed by atoms with Gasteiger partial charge in [0, 0.05) is 0 Å². The topological polar surface area (TPSA) is 188 Å². The van der Waals surface area contributed by atoms with Gasteiger partial charge in [-0.25, -0.2) is 31.1 Å². The molecule has 3 N–H and O–H groups in total. The van der Waals surface area contributed by atoms with Gasteiger partial charge in [0.2, 0.25) is 6.04 Å². The number of amides is 2. The Bertz CT molecular complexity index is 1510. The van der Waals surface area contributed by atoms with E-state index in [2.05, 4.69) is 10.2 Å². The third kappa shape index (κ3) is 7.08. The van der Waals surface area contributed by atoms with Crippen molar-refractivity contribution < 1.29 is 36.3 Å². The van der Waals surface area contributed by atoms with E-state index in [-0.39, 0.29) is 21.0 Å². The van der Waals surface area contributed by atoms with Crippen molar-refractivity contribution >= 4 is 43.5 Å². The summed E-state index contributed by atoms with van der Waals surface area (Å²) in [6, 6.07) is 13.6. The Morgan fingerprint density at radius 3 is 1.45 bits per heavy atom. The van der Waals surface area contributed by atoms with Crippen LogP contribution in [0.25, 0.3) is 0 Å². The van der Waals surface area contributed by atoms with Crippen molar-refractivity contribution in [3.63, 3.8) is 0 Å². The van der Waals surface area contributed by atoms with Crippen LogP contribution in [-0.4, -0.2) is 45.8 Å². The first-order valence-electron chi connectivity index (χ1n) is 10.8. The van der Waals surface area contributed by atoms with E-state index < -0.39 is 43.9 Å². The molecule has 0 aliphatic carbocycles. The number of azo groups is 1. The molecular weight excluding hydrogens is 536 g/mol. The lowest BCUT2D eigenvalue weighted by Crippen LogP contribution is -2.47. The average molecular weight is 559 g/mol. The number of hydrogen-bond acceptors (Lipinski definition) is 9. The zero-order valence-electron chi connectivity index (χ0n) is 20.0. The molecule has 3 aromatic rings. The van der Waals surface area contributed by atoms with Crippen LogP contribution in [-0.2, 0) is 29.6 Å². The lowest BCUT2D eigenvalue weighted by molar-refractivity contribution is -0.129. The summed E-state index contributed by atoms with van der Waals surface area (Å²) in [7, 11) is -8.90. The molecule has 12 nitrogen and oxygen atoms in total. The summed E-state index contributed by atoms with van der Waals surface area (Å²) < 4.78 is 54.2. The van der Waals surface area contributed by atoms with Gasteiger partial charge in [0.05, 0.1) is 21.0 Å². The lowest BCUT2D eigenvalue weighted by atomic mass is 10.2. The summed E-state index contributed by atoms with van der Waals surface area (Å²) >= 11 is 0. The van der Waals surface area contributed by atoms with Gasteiger partial charge in [0.25, 0.3) is 31.9 Å². The molecule has 0 radical (unpaired) electrons. The highest BCUT2D eigenvalue weighted by molar-refractivity contribution is 7.90. The van der Waals surface area contributed by atoms with Gasteiger partial charge in [-0.15, -0.1) is 0 Å². The van der Waals surface area contributed by atoms with Crippen molar-refractivity contribution in [1.82, 2.24) is 9.44 Å². The minimum absolute atomic E-state index is 0.0170. The molecule has 0 unspecified atom stereocenters. The number of sulfonamides is 2. The van der Waals surface area contributed by atoms with E-state index in [1.165, 1.54) is 72.8 Å². The van der Waals surface area contributed by atoms with Gasteiger partial charge in [-0.1, -0.05) is 35.4 Å². The first kappa shape index (κ1) is 28.1. The normalized spacial score (nSPS) is 11.9. The molecule has 0 spiro atoms. The molecule has 0 atom stereocenters. The zero-order chi connectivity index (χ0) is 28.1. The van der Waals surface area contributed by atoms with E-state index in [9.17, 15) is 31.2 Å². The Balaban J connectivity index is 1.92. The SMILES string of the molecule is Cc1ccc(S(=O)(=O)NC(=O)C(N=Nc2ccc(C(=O)O)cc2)C(=O)NS(=O)(=O)c2ccc(C)cc2)cc1. The smallest absolute Gasteiger partial charge is 0.335 e. The lowest BCUT2D eigenvalue weighted by Gasteiger charge is -2.13. The Hall–Kier alpha value is -4.43. The predicted octanol–water partition coefficient (Wildman–Crippen LogP) is 2.46. The van der Waals surface area contributed by atoms with Gasteiger partial charge in [-0.05, 0) is 62.4 Å².